The predicted octanol–water partition coefficient (Wildman–Crippen LogP) is 3.99. The van der Waals surface area contributed by atoms with Crippen molar-refractivity contribution in [3.8, 4) is 16.9 Å². The number of nitrogens with zero attached hydrogens (tertiary/aromatic N) is 6. The van der Waals surface area contributed by atoms with Crippen LogP contribution in [-0.2, 0) is 0 Å². The van der Waals surface area contributed by atoms with Crippen molar-refractivity contribution in [1.82, 2.24) is 30.0 Å². The monoisotopic (exact) mass is 477 g/mol. The van der Waals surface area contributed by atoms with Gasteiger partial charge in [-0.1, -0.05) is 36.4 Å². The van der Waals surface area contributed by atoms with E-state index in [2.05, 4.69) is 20.6 Å². The molecule has 0 spiro atoms. The average Bonchev–Trinajstić information content (AvgIpc) is 3.34. The maximum absolute atomic E-state index is 13.1. The van der Waals surface area contributed by atoms with E-state index in [9.17, 15) is 9.59 Å². The first-order valence-electron chi connectivity index (χ1n) is 11.4. The van der Waals surface area contributed by atoms with Gasteiger partial charge in [0.1, 0.15) is 5.69 Å². The summed E-state index contributed by atoms with van der Waals surface area (Å²) in [6.45, 7) is 3.68. The molecule has 0 saturated carbocycles. The Labute approximate surface area is 206 Å². The molecule has 0 bridgehead atoms. The van der Waals surface area contributed by atoms with E-state index in [0.717, 1.165) is 11.3 Å². The number of carbonyl (C=O) groups excluding carboxylic acids is 1. The van der Waals surface area contributed by atoms with Crippen molar-refractivity contribution in [2.45, 2.75) is 19.9 Å². The molecule has 0 aliphatic carbocycles. The number of rotatable bonds is 6. The Balaban J connectivity index is 1.49. The minimum absolute atomic E-state index is 0.128. The van der Waals surface area contributed by atoms with Crippen LogP contribution in [-0.4, -0.2) is 36.7 Å². The van der Waals surface area contributed by atoms with Gasteiger partial charge in [0.15, 0.2) is 5.69 Å². The number of amides is 1. The van der Waals surface area contributed by atoms with E-state index in [1.165, 1.54) is 10.9 Å². The maximum atomic E-state index is 13.1. The minimum Gasteiger partial charge on any atom is -0.267 e. The molecular weight excluding hydrogens is 454 g/mol. The average molecular weight is 478 g/mol. The first-order chi connectivity index (χ1) is 17.5. The third kappa shape index (κ3) is 4.41. The lowest BCUT2D eigenvalue weighted by Gasteiger charge is -2.12. The zero-order valence-electron chi connectivity index (χ0n) is 19.7. The molecule has 1 amide bonds. The van der Waals surface area contributed by atoms with E-state index in [0.29, 0.717) is 22.0 Å². The molecular formula is C27H23N7O2. The van der Waals surface area contributed by atoms with Crippen molar-refractivity contribution in [3.05, 3.63) is 107 Å². The van der Waals surface area contributed by atoms with Gasteiger partial charge in [-0.3, -0.25) is 14.6 Å². The number of para-hydroxylation sites is 1. The van der Waals surface area contributed by atoms with Crippen LogP contribution in [0.25, 0.3) is 27.7 Å². The molecule has 0 unspecified atom stereocenters. The van der Waals surface area contributed by atoms with E-state index in [1.54, 1.807) is 41.3 Å². The van der Waals surface area contributed by atoms with Gasteiger partial charge < -0.3 is 0 Å². The number of hydrogen-bond acceptors (Lipinski definition) is 6. The summed E-state index contributed by atoms with van der Waals surface area (Å²) in [6, 6.07) is 20.2. The molecule has 9 heteroatoms. The SMILES string of the molecule is CC(C)n1nc(C(=O)N/N=C/c2cn(-c3ccccc3)nc2-c2cccnc2)c2ccccc2c1=O. The summed E-state index contributed by atoms with van der Waals surface area (Å²) in [5, 5.41) is 14.1. The van der Waals surface area contributed by atoms with Crippen molar-refractivity contribution in [3.63, 3.8) is 0 Å². The molecule has 178 valence electrons. The minimum atomic E-state index is -0.518. The molecule has 5 aromatic rings. The van der Waals surface area contributed by atoms with E-state index >= 15 is 0 Å². The lowest BCUT2D eigenvalue weighted by Crippen LogP contribution is -2.30. The second-order valence-electron chi connectivity index (χ2n) is 8.39. The molecule has 9 nitrogen and oxygen atoms in total. The highest BCUT2D eigenvalue weighted by Crippen LogP contribution is 2.22. The van der Waals surface area contributed by atoms with E-state index < -0.39 is 5.91 Å². The van der Waals surface area contributed by atoms with Crippen LogP contribution in [0.1, 0.15) is 35.9 Å². The summed E-state index contributed by atoms with van der Waals surface area (Å²) in [5.74, 6) is -0.518. The number of nitrogens with one attached hydrogen (secondary N) is 1. The summed E-state index contributed by atoms with van der Waals surface area (Å²) < 4.78 is 3.06. The van der Waals surface area contributed by atoms with Crippen LogP contribution in [0.3, 0.4) is 0 Å². The van der Waals surface area contributed by atoms with Crippen molar-refractivity contribution in [2.24, 2.45) is 5.10 Å². The van der Waals surface area contributed by atoms with Gasteiger partial charge in [0.25, 0.3) is 11.5 Å². The molecule has 0 aliphatic heterocycles. The zero-order valence-corrected chi connectivity index (χ0v) is 19.7. The fraction of sp³-hybridized carbons (Fsp3) is 0.111. The number of hydrazone groups is 1. The fourth-order valence-electron chi connectivity index (χ4n) is 3.86. The molecule has 36 heavy (non-hydrogen) atoms. The summed E-state index contributed by atoms with van der Waals surface area (Å²) in [5.41, 5.74) is 5.50. The van der Waals surface area contributed by atoms with Crippen LogP contribution in [0.2, 0.25) is 0 Å². The summed E-state index contributed by atoms with van der Waals surface area (Å²) >= 11 is 0. The smallest absolute Gasteiger partial charge is 0.267 e. The van der Waals surface area contributed by atoms with Gasteiger partial charge in [0.05, 0.1) is 23.3 Å². The van der Waals surface area contributed by atoms with Gasteiger partial charge in [-0.25, -0.2) is 14.8 Å². The van der Waals surface area contributed by atoms with Crippen molar-refractivity contribution >= 4 is 22.9 Å². The molecule has 5 rings (SSSR count). The molecule has 2 aromatic carbocycles. The van der Waals surface area contributed by atoms with Crippen molar-refractivity contribution < 1.29 is 4.79 Å². The van der Waals surface area contributed by atoms with Crippen LogP contribution in [0, 0.1) is 0 Å². The maximum Gasteiger partial charge on any atom is 0.292 e. The Kier molecular flexibility index (Phi) is 6.19. The fourth-order valence-corrected chi connectivity index (χ4v) is 3.86. The van der Waals surface area contributed by atoms with Crippen LogP contribution in [0.5, 0.6) is 0 Å². The highest BCUT2D eigenvalue weighted by atomic mass is 16.2. The highest BCUT2D eigenvalue weighted by Gasteiger charge is 2.18. The van der Waals surface area contributed by atoms with E-state index in [4.69, 9.17) is 5.10 Å². The van der Waals surface area contributed by atoms with Crippen LogP contribution >= 0.6 is 0 Å². The standard InChI is InChI=1S/C27H23N7O2/c1-18(2)34-27(36)23-13-7-6-12-22(23)25(32-34)26(35)30-29-16-20-17-33(21-10-4-3-5-11-21)31-24(20)19-9-8-14-28-15-19/h3-18H,1-2H3,(H,30,35)/b29-16+. The molecule has 0 atom stereocenters. The first kappa shape index (κ1) is 22.9. The molecule has 0 radical (unpaired) electrons. The molecule has 3 heterocycles. The Morgan fingerprint density at radius 1 is 0.972 bits per heavy atom. The van der Waals surface area contributed by atoms with Gasteiger partial charge in [-0.15, -0.1) is 0 Å². The second kappa shape index (κ2) is 9.75. The molecule has 0 aliphatic rings. The molecule has 0 fully saturated rings. The third-order valence-electron chi connectivity index (χ3n) is 5.60. The highest BCUT2D eigenvalue weighted by molar-refractivity contribution is 6.05. The number of benzene rings is 2. The van der Waals surface area contributed by atoms with Gasteiger partial charge in [-0.2, -0.15) is 15.3 Å². The van der Waals surface area contributed by atoms with Gasteiger partial charge in [0.2, 0.25) is 0 Å². The number of hydrogen-bond donors (Lipinski definition) is 1. The molecule has 0 saturated heterocycles. The summed E-state index contributed by atoms with van der Waals surface area (Å²) in [4.78, 5) is 30.0. The first-order valence-corrected chi connectivity index (χ1v) is 11.4. The third-order valence-corrected chi connectivity index (χ3v) is 5.60. The van der Waals surface area contributed by atoms with Crippen LogP contribution < -0.4 is 11.0 Å². The zero-order chi connectivity index (χ0) is 25.1. The Morgan fingerprint density at radius 3 is 2.44 bits per heavy atom. The molecule has 1 N–H and O–H groups in total. The predicted molar refractivity (Wildman–Crippen MR) is 138 cm³/mol. The lowest BCUT2D eigenvalue weighted by molar-refractivity contribution is 0.0949. The number of fused-ring (bicyclic) bond motifs is 1. The van der Waals surface area contributed by atoms with Crippen molar-refractivity contribution in [2.75, 3.05) is 0 Å². The van der Waals surface area contributed by atoms with Gasteiger partial charge >= 0.3 is 0 Å². The Bertz CT molecular complexity index is 1620. The summed E-state index contributed by atoms with van der Waals surface area (Å²) in [6.07, 6.45) is 6.78. The van der Waals surface area contributed by atoms with Gasteiger partial charge in [0, 0.05) is 35.1 Å². The Morgan fingerprint density at radius 2 is 1.72 bits per heavy atom. The van der Waals surface area contributed by atoms with Gasteiger partial charge in [-0.05, 0) is 44.2 Å². The van der Waals surface area contributed by atoms with Crippen LogP contribution in [0.15, 0.2) is 95.2 Å². The van der Waals surface area contributed by atoms with Crippen molar-refractivity contribution in [1.29, 1.82) is 0 Å². The largest absolute Gasteiger partial charge is 0.292 e. The van der Waals surface area contributed by atoms with Crippen LogP contribution in [0.4, 0.5) is 0 Å². The molecule has 3 aromatic heterocycles. The number of pyridine rings is 1. The lowest BCUT2D eigenvalue weighted by atomic mass is 10.1. The summed E-state index contributed by atoms with van der Waals surface area (Å²) in [7, 11) is 0. The number of carbonyl (C=O) groups is 1. The van der Waals surface area contributed by atoms with E-state index in [1.807, 2.05) is 62.5 Å². The number of aromatic nitrogens is 5. The quantitative estimate of drug-likeness (QED) is 0.294. The topological polar surface area (TPSA) is 107 Å². The van der Waals surface area contributed by atoms with E-state index in [-0.39, 0.29) is 17.3 Å². The Hall–Kier alpha value is -4.92. The second-order valence-corrected chi connectivity index (χ2v) is 8.39. The normalized spacial score (nSPS) is 11.4.